The average Bonchev–Trinajstić information content (AvgIpc) is 3.00. The molecule has 1 aliphatic heterocycles. The van der Waals surface area contributed by atoms with Gasteiger partial charge in [0.15, 0.2) is 16.7 Å². The van der Waals surface area contributed by atoms with Gasteiger partial charge in [0, 0.05) is 0 Å². The van der Waals surface area contributed by atoms with Crippen molar-refractivity contribution in [2.75, 3.05) is 5.73 Å². The quantitative estimate of drug-likeness (QED) is 0.523. The second kappa shape index (κ2) is 5.62. The average molecular weight is 338 g/mol. The third-order valence-electron chi connectivity index (χ3n) is 3.77. The molecule has 5 atom stereocenters. The number of nitrogen functional groups attached to an aromatic ring is 1. The van der Waals surface area contributed by atoms with E-state index in [2.05, 4.69) is 26.8 Å². The number of aliphatic hydroxyl groups excluding tert-OH is 2. The van der Waals surface area contributed by atoms with Crippen molar-refractivity contribution in [2.24, 2.45) is 0 Å². The van der Waals surface area contributed by atoms with E-state index >= 15 is 0 Å². The highest BCUT2D eigenvalue weighted by Gasteiger charge is 2.57. The monoisotopic (exact) mass is 337 g/mol. The summed E-state index contributed by atoms with van der Waals surface area (Å²) in [6, 6.07) is 0. The Bertz CT molecular complexity index is 799. The van der Waals surface area contributed by atoms with Crippen LogP contribution in [-0.4, -0.2) is 52.9 Å². The molecule has 122 valence electrons. The van der Waals surface area contributed by atoms with Crippen molar-refractivity contribution >= 4 is 28.7 Å². The standard InChI is InChI=1S/C14H16ClN5O3/c1-3-4-14(15)10(22)9(7(2)21)23-12(14)20-6-18-8-5-17-13(16)19-11(8)20/h5-7,9-10,12,21-22H,1-2H3,(H2,16,17,19)/t7-,9-,10?,12-,14-/m1/s1. The minimum absolute atomic E-state index is 0.0756. The zero-order chi connectivity index (χ0) is 16.8. The molecule has 0 bridgehead atoms. The molecule has 0 aromatic carbocycles. The Balaban J connectivity index is 2.14. The molecule has 0 saturated carbocycles. The van der Waals surface area contributed by atoms with Crippen LogP contribution < -0.4 is 5.73 Å². The molecule has 0 spiro atoms. The van der Waals surface area contributed by atoms with Crippen molar-refractivity contribution in [2.45, 2.75) is 43.3 Å². The number of nitrogens with two attached hydrogens (primary N) is 1. The summed E-state index contributed by atoms with van der Waals surface area (Å²) >= 11 is 6.57. The van der Waals surface area contributed by atoms with E-state index in [9.17, 15) is 10.2 Å². The largest absolute Gasteiger partial charge is 0.391 e. The van der Waals surface area contributed by atoms with E-state index in [1.54, 1.807) is 6.92 Å². The van der Waals surface area contributed by atoms with Gasteiger partial charge in [-0.25, -0.2) is 9.97 Å². The number of rotatable bonds is 2. The van der Waals surface area contributed by atoms with E-state index in [4.69, 9.17) is 22.1 Å². The van der Waals surface area contributed by atoms with Gasteiger partial charge in [0.05, 0.1) is 18.6 Å². The molecule has 1 fully saturated rings. The van der Waals surface area contributed by atoms with Crippen molar-refractivity contribution in [3.63, 3.8) is 0 Å². The number of hydrogen-bond donors (Lipinski definition) is 3. The first-order valence-electron chi connectivity index (χ1n) is 6.98. The molecule has 0 aliphatic carbocycles. The van der Waals surface area contributed by atoms with E-state index < -0.39 is 29.4 Å². The fourth-order valence-electron chi connectivity index (χ4n) is 2.69. The summed E-state index contributed by atoms with van der Waals surface area (Å²) in [4.78, 5) is 10.7. The van der Waals surface area contributed by atoms with Gasteiger partial charge in [0.2, 0.25) is 5.95 Å². The Kier molecular flexibility index (Phi) is 3.90. The number of halogens is 1. The Hall–Kier alpha value is -1.92. The summed E-state index contributed by atoms with van der Waals surface area (Å²) in [5, 5.41) is 20.3. The Morgan fingerprint density at radius 2 is 2.26 bits per heavy atom. The molecule has 1 unspecified atom stereocenters. The van der Waals surface area contributed by atoms with Gasteiger partial charge in [-0.2, -0.15) is 4.98 Å². The Labute approximate surface area is 137 Å². The van der Waals surface area contributed by atoms with Crippen molar-refractivity contribution in [3.05, 3.63) is 12.5 Å². The van der Waals surface area contributed by atoms with Crippen LogP contribution in [0, 0.1) is 11.8 Å². The summed E-state index contributed by atoms with van der Waals surface area (Å²) in [5.74, 6) is 5.55. The Morgan fingerprint density at radius 1 is 1.52 bits per heavy atom. The van der Waals surface area contributed by atoms with Gasteiger partial charge in [-0.3, -0.25) is 4.57 Å². The minimum atomic E-state index is -1.45. The number of anilines is 1. The predicted octanol–water partition coefficient (Wildman–Crippen LogP) is 0.0485. The molecule has 4 N–H and O–H groups in total. The number of alkyl halides is 1. The zero-order valence-corrected chi connectivity index (χ0v) is 13.3. The molecule has 0 amide bonds. The number of aliphatic hydroxyl groups is 2. The highest BCUT2D eigenvalue weighted by Crippen LogP contribution is 2.45. The van der Waals surface area contributed by atoms with Gasteiger partial charge in [-0.15, -0.1) is 5.92 Å². The Morgan fingerprint density at radius 3 is 2.91 bits per heavy atom. The number of ether oxygens (including phenoxy) is 1. The molecule has 9 heteroatoms. The maximum absolute atomic E-state index is 10.5. The summed E-state index contributed by atoms with van der Waals surface area (Å²) in [6.45, 7) is 3.12. The van der Waals surface area contributed by atoms with Crippen LogP contribution in [0.4, 0.5) is 5.95 Å². The number of aromatic nitrogens is 4. The lowest BCUT2D eigenvalue weighted by atomic mass is 9.97. The SMILES string of the molecule is CC#C[C@@]1(Cl)C(O)[C@@H]([C@@H](C)O)O[C@H]1n1cnc2cnc(N)nc21. The molecule has 3 rings (SSSR count). The second-order valence-electron chi connectivity index (χ2n) is 5.37. The summed E-state index contributed by atoms with van der Waals surface area (Å²) in [6.07, 6.45) is -0.970. The topological polar surface area (TPSA) is 119 Å². The molecule has 2 aromatic rings. The van der Waals surface area contributed by atoms with E-state index in [0.29, 0.717) is 11.2 Å². The van der Waals surface area contributed by atoms with E-state index in [1.165, 1.54) is 24.0 Å². The lowest BCUT2D eigenvalue weighted by molar-refractivity contribution is -0.0752. The van der Waals surface area contributed by atoms with Crippen LogP contribution in [0.5, 0.6) is 0 Å². The van der Waals surface area contributed by atoms with Crippen LogP contribution in [0.25, 0.3) is 11.2 Å². The maximum atomic E-state index is 10.5. The summed E-state index contributed by atoms with van der Waals surface area (Å²) in [7, 11) is 0. The summed E-state index contributed by atoms with van der Waals surface area (Å²) in [5.41, 5.74) is 6.53. The van der Waals surface area contributed by atoms with Crippen LogP contribution >= 0.6 is 11.6 Å². The fourth-order valence-corrected chi connectivity index (χ4v) is 3.07. The van der Waals surface area contributed by atoms with Gasteiger partial charge in [0.25, 0.3) is 0 Å². The molecule has 2 aromatic heterocycles. The highest BCUT2D eigenvalue weighted by molar-refractivity contribution is 6.27. The van der Waals surface area contributed by atoms with Crippen molar-refractivity contribution in [1.82, 2.24) is 19.5 Å². The molecular formula is C14H16ClN5O3. The van der Waals surface area contributed by atoms with Gasteiger partial charge in [-0.05, 0) is 13.8 Å². The first-order valence-corrected chi connectivity index (χ1v) is 7.35. The number of imidazole rings is 1. The third kappa shape index (κ3) is 2.42. The van der Waals surface area contributed by atoms with Crippen LogP contribution in [0.1, 0.15) is 20.1 Å². The van der Waals surface area contributed by atoms with Crippen molar-refractivity contribution < 1.29 is 14.9 Å². The second-order valence-corrected chi connectivity index (χ2v) is 6.00. The van der Waals surface area contributed by atoms with Crippen LogP contribution in [0.3, 0.4) is 0 Å². The molecular weight excluding hydrogens is 322 g/mol. The molecule has 23 heavy (non-hydrogen) atoms. The summed E-state index contributed by atoms with van der Waals surface area (Å²) < 4.78 is 7.32. The normalized spacial score (nSPS) is 31.8. The van der Waals surface area contributed by atoms with Crippen LogP contribution in [0.15, 0.2) is 12.5 Å². The number of nitrogens with zero attached hydrogens (tertiary/aromatic N) is 4. The van der Waals surface area contributed by atoms with Crippen molar-refractivity contribution in [1.29, 1.82) is 0 Å². The van der Waals surface area contributed by atoms with Gasteiger partial charge in [0.1, 0.15) is 17.7 Å². The zero-order valence-electron chi connectivity index (χ0n) is 12.5. The molecule has 0 radical (unpaired) electrons. The van der Waals surface area contributed by atoms with Gasteiger partial charge in [-0.1, -0.05) is 17.5 Å². The lowest BCUT2D eigenvalue weighted by Gasteiger charge is -2.25. The van der Waals surface area contributed by atoms with Crippen LogP contribution in [0.2, 0.25) is 0 Å². The highest BCUT2D eigenvalue weighted by atomic mass is 35.5. The fraction of sp³-hybridized carbons (Fsp3) is 0.500. The van der Waals surface area contributed by atoms with Gasteiger partial charge >= 0.3 is 0 Å². The maximum Gasteiger partial charge on any atom is 0.222 e. The van der Waals surface area contributed by atoms with Crippen molar-refractivity contribution in [3.8, 4) is 11.8 Å². The molecule has 1 aliphatic rings. The minimum Gasteiger partial charge on any atom is -0.391 e. The van der Waals surface area contributed by atoms with E-state index in [1.807, 2.05) is 0 Å². The number of fused-ring (bicyclic) bond motifs is 1. The first kappa shape index (κ1) is 16.0. The smallest absolute Gasteiger partial charge is 0.222 e. The first-order chi connectivity index (χ1) is 10.9. The molecule has 8 nitrogen and oxygen atoms in total. The van der Waals surface area contributed by atoms with Crippen LogP contribution in [-0.2, 0) is 4.74 Å². The molecule has 1 saturated heterocycles. The predicted molar refractivity (Wildman–Crippen MR) is 83.4 cm³/mol. The van der Waals surface area contributed by atoms with Gasteiger partial charge < -0.3 is 20.7 Å². The van der Waals surface area contributed by atoms with E-state index in [0.717, 1.165) is 0 Å². The lowest BCUT2D eigenvalue weighted by Crippen LogP contribution is -2.43. The molecule has 3 heterocycles. The third-order valence-corrected chi connectivity index (χ3v) is 4.27. The van der Waals surface area contributed by atoms with E-state index in [-0.39, 0.29) is 5.95 Å². The number of hydrogen-bond acceptors (Lipinski definition) is 7.